The first kappa shape index (κ1) is 32.8. The van der Waals surface area contributed by atoms with Crippen LogP contribution in [0.25, 0.3) is 22.3 Å². The molecule has 0 saturated heterocycles. The zero-order valence-corrected chi connectivity index (χ0v) is 28.2. The molecule has 248 valence electrons. The average molecular weight is 667 g/mol. The maximum absolute atomic E-state index is 13.2. The lowest BCUT2D eigenvalue weighted by atomic mass is 9.98. The van der Waals surface area contributed by atoms with E-state index < -0.39 is 0 Å². The summed E-state index contributed by atoms with van der Waals surface area (Å²) in [7, 11) is 1.65. The molecule has 0 radical (unpaired) electrons. The molecule has 7 aromatic rings. The van der Waals surface area contributed by atoms with Crippen molar-refractivity contribution in [3.05, 3.63) is 198 Å². The lowest BCUT2D eigenvalue weighted by Gasteiger charge is -2.09. The second-order valence-corrected chi connectivity index (χ2v) is 12.1. The van der Waals surface area contributed by atoms with Crippen molar-refractivity contribution in [2.75, 3.05) is 7.11 Å². The molecular formula is C46H34O5. The average Bonchev–Trinajstić information content (AvgIpc) is 3.19. The van der Waals surface area contributed by atoms with Gasteiger partial charge in [0.15, 0.2) is 11.6 Å². The Kier molecular flexibility index (Phi) is 9.53. The van der Waals surface area contributed by atoms with Gasteiger partial charge in [-0.1, -0.05) is 90.5 Å². The second kappa shape index (κ2) is 14.8. The van der Waals surface area contributed by atoms with E-state index in [1.165, 1.54) is 5.56 Å². The van der Waals surface area contributed by atoms with E-state index in [0.29, 0.717) is 45.3 Å². The van der Waals surface area contributed by atoms with Gasteiger partial charge in [-0.25, -0.2) is 0 Å². The van der Waals surface area contributed by atoms with Crippen molar-refractivity contribution in [3.8, 4) is 51.0 Å². The molecule has 0 amide bonds. The molecule has 0 heterocycles. The van der Waals surface area contributed by atoms with Crippen LogP contribution in [0.15, 0.2) is 170 Å². The predicted molar refractivity (Wildman–Crippen MR) is 201 cm³/mol. The molecule has 5 nitrogen and oxygen atoms in total. The molecule has 0 spiro atoms. The number of aryl methyl sites for hydroxylation is 1. The third-order valence-electron chi connectivity index (χ3n) is 8.63. The Labute approximate surface area is 297 Å². The third kappa shape index (κ3) is 7.79. The Morgan fingerprint density at radius 1 is 0.333 bits per heavy atom. The van der Waals surface area contributed by atoms with E-state index in [-0.39, 0.29) is 11.6 Å². The number of ether oxygens (including phenoxy) is 3. The highest BCUT2D eigenvalue weighted by atomic mass is 16.5. The van der Waals surface area contributed by atoms with Crippen LogP contribution in [0, 0.1) is 6.92 Å². The van der Waals surface area contributed by atoms with Gasteiger partial charge in [0.25, 0.3) is 0 Å². The first-order valence-corrected chi connectivity index (χ1v) is 16.6. The van der Waals surface area contributed by atoms with Gasteiger partial charge >= 0.3 is 0 Å². The van der Waals surface area contributed by atoms with E-state index in [9.17, 15) is 9.59 Å². The van der Waals surface area contributed by atoms with Gasteiger partial charge in [-0.05, 0) is 114 Å². The van der Waals surface area contributed by atoms with Gasteiger partial charge in [-0.15, -0.1) is 0 Å². The van der Waals surface area contributed by atoms with E-state index >= 15 is 0 Å². The molecule has 0 atom stereocenters. The highest BCUT2D eigenvalue weighted by molar-refractivity contribution is 6.11. The number of hydrogen-bond acceptors (Lipinski definition) is 5. The standard InChI is InChI=1S/C46H34O5/c1-31-3-5-32(6-4-31)34-13-23-41(24-14-34)50-43-27-17-38(18-28-43)45(47)36-7-9-37(10-8-36)46(48)39-19-29-44(30-20-39)51-42-25-15-35(16-26-42)33-11-21-40(49-2)22-12-33/h3-30H,1-2H3. The summed E-state index contributed by atoms with van der Waals surface area (Å²) in [6.45, 7) is 2.07. The largest absolute Gasteiger partial charge is 0.497 e. The van der Waals surface area contributed by atoms with Crippen molar-refractivity contribution in [2.45, 2.75) is 6.92 Å². The normalized spacial score (nSPS) is 10.7. The van der Waals surface area contributed by atoms with Gasteiger partial charge in [-0.2, -0.15) is 0 Å². The zero-order chi connectivity index (χ0) is 35.2. The van der Waals surface area contributed by atoms with Crippen molar-refractivity contribution in [3.63, 3.8) is 0 Å². The van der Waals surface area contributed by atoms with Crippen LogP contribution in [-0.4, -0.2) is 18.7 Å². The first-order valence-electron chi connectivity index (χ1n) is 16.6. The number of rotatable bonds is 11. The smallest absolute Gasteiger partial charge is 0.193 e. The summed E-state index contributed by atoms with van der Waals surface area (Å²) < 4.78 is 17.3. The van der Waals surface area contributed by atoms with Crippen molar-refractivity contribution in [1.29, 1.82) is 0 Å². The topological polar surface area (TPSA) is 61.8 Å². The fraction of sp³-hybridized carbons (Fsp3) is 0.0435. The molecule has 0 saturated carbocycles. The van der Waals surface area contributed by atoms with Crippen LogP contribution in [-0.2, 0) is 0 Å². The molecule has 0 aliphatic rings. The zero-order valence-electron chi connectivity index (χ0n) is 28.2. The van der Waals surface area contributed by atoms with Crippen molar-refractivity contribution in [2.24, 2.45) is 0 Å². The predicted octanol–water partition coefficient (Wildman–Crippen LogP) is 11.4. The van der Waals surface area contributed by atoms with Crippen molar-refractivity contribution < 1.29 is 23.8 Å². The van der Waals surface area contributed by atoms with Gasteiger partial charge in [-0.3, -0.25) is 9.59 Å². The van der Waals surface area contributed by atoms with Crippen LogP contribution in [0.4, 0.5) is 0 Å². The monoisotopic (exact) mass is 666 g/mol. The minimum Gasteiger partial charge on any atom is -0.497 e. The molecule has 7 rings (SSSR count). The van der Waals surface area contributed by atoms with Crippen molar-refractivity contribution in [1.82, 2.24) is 0 Å². The quantitative estimate of drug-likeness (QED) is 0.129. The number of carbonyl (C=O) groups is 2. The Hall–Kier alpha value is -6.72. The summed E-state index contributed by atoms with van der Waals surface area (Å²) >= 11 is 0. The van der Waals surface area contributed by atoms with Gasteiger partial charge in [0.05, 0.1) is 7.11 Å². The van der Waals surface area contributed by atoms with E-state index in [4.69, 9.17) is 14.2 Å². The maximum atomic E-state index is 13.2. The molecule has 0 aliphatic heterocycles. The fourth-order valence-electron chi connectivity index (χ4n) is 5.69. The molecule has 0 N–H and O–H groups in total. The molecule has 51 heavy (non-hydrogen) atoms. The summed E-state index contributed by atoms with van der Waals surface area (Å²) in [5, 5.41) is 0. The van der Waals surface area contributed by atoms with Crippen LogP contribution in [0.5, 0.6) is 28.7 Å². The summed E-state index contributed by atoms with van der Waals surface area (Å²) in [5.74, 6) is 3.20. The number of ketones is 2. The van der Waals surface area contributed by atoms with Gasteiger partial charge in [0.2, 0.25) is 0 Å². The number of methoxy groups -OCH3 is 1. The summed E-state index contributed by atoms with van der Waals surface area (Å²) in [5.41, 5.74) is 7.68. The van der Waals surface area contributed by atoms with Crippen LogP contribution in [0.2, 0.25) is 0 Å². The van der Waals surface area contributed by atoms with E-state index in [0.717, 1.165) is 28.0 Å². The number of hydrogen-bond donors (Lipinski definition) is 0. The lowest BCUT2D eigenvalue weighted by Crippen LogP contribution is -2.04. The van der Waals surface area contributed by atoms with Crippen LogP contribution < -0.4 is 14.2 Å². The highest BCUT2D eigenvalue weighted by Gasteiger charge is 2.14. The van der Waals surface area contributed by atoms with Gasteiger partial charge < -0.3 is 14.2 Å². The molecule has 5 heteroatoms. The lowest BCUT2D eigenvalue weighted by molar-refractivity contribution is 0.102. The molecule has 0 unspecified atom stereocenters. The Morgan fingerprint density at radius 2 is 0.569 bits per heavy atom. The Bertz CT molecular complexity index is 2250. The summed E-state index contributed by atoms with van der Waals surface area (Å²) in [6, 6.07) is 52.9. The minimum absolute atomic E-state index is 0.137. The van der Waals surface area contributed by atoms with Gasteiger partial charge in [0.1, 0.15) is 28.7 Å². The number of benzene rings is 7. The number of carbonyl (C=O) groups excluding carboxylic acids is 2. The summed E-state index contributed by atoms with van der Waals surface area (Å²) in [6.07, 6.45) is 0. The Morgan fingerprint density at radius 3 is 0.863 bits per heavy atom. The van der Waals surface area contributed by atoms with E-state index in [1.54, 1.807) is 79.9 Å². The molecular weight excluding hydrogens is 633 g/mol. The van der Waals surface area contributed by atoms with Crippen molar-refractivity contribution >= 4 is 11.6 Å². The van der Waals surface area contributed by atoms with E-state index in [2.05, 4.69) is 31.2 Å². The molecule has 0 aliphatic carbocycles. The van der Waals surface area contributed by atoms with Crippen LogP contribution in [0.1, 0.15) is 37.4 Å². The highest BCUT2D eigenvalue weighted by Crippen LogP contribution is 2.29. The molecule has 0 bridgehead atoms. The first-order chi connectivity index (χ1) is 24.9. The summed E-state index contributed by atoms with van der Waals surface area (Å²) in [4.78, 5) is 26.4. The molecule has 0 aromatic heterocycles. The third-order valence-corrected chi connectivity index (χ3v) is 8.63. The molecule has 0 fully saturated rings. The second-order valence-electron chi connectivity index (χ2n) is 12.1. The van der Waals surface area contributed by atoms with Crippen LogP contribution >= 0.6 is 0 Å². The maximum Gasteiger partial charge on any atom is 0.193 e. The van der Waals surface area contributed by atoms with E-state index in [1.807, 2.05) is 72.8 Å². The van der Waals surface area contributed by atoms with Crippen LogP contribution in [0.3, 0.4) is 0 Å². The fourth-order valence-corrected chi connectivity index (χ4v) is 5.69. The molecule has 7 aromatic carbocycles. The Balaban J connectivity index is 0.936. The SMILES string of the molecule is COc1ccc(-c2ccc(Oc3ccc(C(=O)c4ccc(C(=O)c5ccc(Oc6ccc(-c7ccc(C)cc7)cc6)cc5)cc4)cc3)cc2)cc1. The minimum atomic E-state index is -0.141. The van der Waals surface area contributed by atoms with Gasteiger partial charge in [0, 0.05) is 22.3 Å².